The molecule has 0 aliphatic carbocycles. The maximum absolute atomic E-state index is 13.7. The second-order valence-corrected chi connectivity index (χ2v) is 5.21. The number of nitro benzene ring substituents is 1. The molecular formula is C14H14F4N2O4. The van der Waals surface area contributed by atoms with Crippen LogP contribution in [0.1, 0.15) is 18.9 Å². The van der Waals surface area contributed by atoms with Crippen LogP contribution in [0.15, 0.2) is 18.2 Å². The molecule has 0 spiro atoms. The predicted octanol–water partition coefficient (Wildman–Crippen LogP) is 3.09. The van der Waals surface area contributed by atoms with E-state index in [1.165, 1.54) is 0 Å². The number of hydrogen-bond acceptors (Lipinski definition) is 5. The summed E-state index contributed by atoms with van der Waals surface area (Å²) in [6.45, 7) is 1.31. The van der Waals surface area contributed by atoms with Gasteiger partial charge >= 0.3 is 12.1 Å². The second kappa shape index (κ2) is 6.62. The standard InChI is InChI=1S/C14H14F4N2O4/c1-2-24-13(21)12-5-8(15)7-19(12)9-3-4-11(20(22)23)10(6-9)14(16,17)18/h3-4,6,8,12H,2,5,7H2,1H3/t8-,12+/m0/s1. The van der Waals surface area contributed by atoms with Gasteiger partial charge < -0.3 is 9.64 Å². The molecule has 6 nitrogen and oxygen atoms in total. The van der Waals surface area contributed by atoms with Gasteiger partial charge in [-0.3, -0.25) is 10.1 Å². The first-order chi connectivity index (χ1) is 11.1. The minimum Gasteiger partial charge on any atom is -0.464 e. The molecule has 0 unspecified atom stereocenters. The van der Waals surface area contributed by atoms with E-state index in [2.05, 4.69) is 0 Å². The summed E-state index contributed by atoms with van der Waals surface area (Å²) in [4.78, 5) is 22.6. The molecule has 0 radical (unpaired) electrons. The smallest absolute Gasteiger partial charge is 0.423 e. The summed E-state index contributed by atoms with van der Waals surface area (Å²) in [6.07, 6.45) is -6.58. The molecule has 1 aromatic carbocycles. The minimum absolute atomic E-state index is 0.0498. The summed E-state index contributed by atoms with van der Waals surface area (Å²) in [7, 11) is 0. The van der Waals surface area contributed by atoms with Gasteiger partial charge in [-0.2, -0.15) is 13.2 Å². The Balaban J connectivity index is 2.43. The molecule has 1 saturated heterocycles. The Morgan fingerprint density at radius 1 is 1.46 bits per heavy atom. The van der Waals surface area contributed by atoms with Crippen molar-refractivity contribution in [1.29, 1.82) is 0 Å². The van der Waals surface area contributed by atoms with Crippen molar-refractivity contribution in [3.05, 3.63) is 33.9 Å². The SMILES string of the molecule is CCOC(=O)[C@H]1C[C@H](F)CN1c1ccc([N+](=O)[O-])c(C(F)(F)F)c1. The number of alkyl halides is 4. The Labute approximate surface area is 134 Å². The van der Waals surface area contributed by atoms with E-state index in [1.807, 2.05) is 0 Å². The molecule has 1 fully saturated rings. The average Bonchev–Trinajstić information content (AvgIpc) is 2.88. The fourth-order valence-electron chi connectivity index (χ4n) is 2.62. The molecule has 1 aromatic rings. The van der Waals surface area contributed by atoms with Gasteiger partial charge in [0.1, 0.15) is 17.8 Å². The van der Waals surface area contributed by atoms with Gasteiger partial charge in [-0.05, 0) is 19.1 Å². The number of benzene rings is 1. The molecule has 0 N–H and O–H groups in total. The Kier molecular flexibility index (Phi) is 4.95. The molecule has 24 heavy (non-hydrogen) atoms. The van der Waals surface area contributed by atoms with Gasteiger partial charge in [0, 0.05) is 18.2 Å². The number of nitro groups is 1. The third-order valence-corrected chi connectivity index (χ3v) is 3.62. The molecule has 2 rings (SSSR count). The van der Waals surface area contributed by atoms with E-state index >= 15 is 0 Å². The van der Waals surface area contributed by atoms with Crippen molar-refractivity contribution in [3.63, 3.8) is 0 Å². The summed E-state index contributed by atoms with van der Waals surface area (Å²) in [5, 5.41) is 10.8. The topological polar surface area (TPSA) is 72.7 Å². The highest BCUT2D eigenvalue weighted by atomic mass is 19.4. The molecular weight excluding hydrogens is 336 g/mol. The lowest BCUT2D eigenvalue weighted by Gasteiger charge is -2.25. The van der Waals surface area contributed by atoms with Crippen molar-refractivity contribution in [2.45, 2.75) is 31.7 Å². The quantitative estimate of drug-likeness (QED) is 0.361. The van der Waals surface area contributed by atoms with E-state index in [4.69, 9.17) is 4.74 Å². The Morgan fingerprint density at radius 3 is 2.67 bits per heavy atom. The minimum atomic E-state index is -4.95. The molecule has 10 heteroatoms. The molecule has 1 aliphatic rings. The first-order valence-electron chi connectivity index (χ1n) is 7.08. The van der Waals surface area contributed by atoms with Crippen molar-refractivity contribution in [1.82, 2.24) is 0 Å². The molecule has 1 heterocycles. The van der Waals surface area contributed by atoms with E-state index < -0.39 is 40.5 Å². The van der Waals surface area contributed by atoms with Crippen molar-refractivity contribution < 1.29 is 32.0 Å². The van der Waals surface area contributed by atoms with E-state index in [0.717, 1.165) is 11.0 Å². The van der Waals surface area contributed by atoms with Gasteiger partial charge in [0.05, 0.1) is 18.1 Å². The summed E-state index contributed by atoms with van der Waals surface area (Å²) in [6, 6.07) is 1.26. The highest BCUT2D eigenvalue weighted by Crippen LogP contribution is 2.39. The van der Waals surface area contributed by atoms with Crippen LogP contribution in [0.3, 0.4) is 0 Å². The van der Waals surface area contributed by atoms with Crippen molar-refractivity contribution in [3.8, 4) is 0 Å². The van der Waals surface area contributed by atoms with Crippen molar-refractivity contribution in [2.75, 3.05) is 18.1 Å². The highest BCUT2D eigenvalue weighted by Gasteiger charge is 2.42. The predicted molar refractivity (Wildman–Crippen MR) is 75.4 cm³/mol. The fraction of sp³-hybridized carbons (Fsp3) is 0.500. The Morgan fingerprint density at radius 2 is 2.12 bits per heavy atom. The summed E-state index contributed by atoms with van der Waals surface area (Å²) in [5.41, 5.74) is -2.67. The number of ether oxygens (including phenoxy) is 1. The Hall–Kier alpha value is -2.39. The molecule has 0 amide bonds. The van der Waals surface area contributed by atoms with E-state index in [0.29, 0.717) is 12.1 Å². The number of anilines is 1. The first-order valence-corrected chi connectivity index (χ1v) is 7.08. The zero-order valence-corrected chi connectivity index (χ0v) is 12.5. The normalized spacial score (nSPS) is 21.0. The third kappa shape index (κ3) is 3.57. The van der Waals surface area contributed by atoms with Gasteiger partial charge in [-0.1, -0.05) is 0 Å². The zero-order chi connectivity index (χ0) is 18.1. The summed E-state index contributed by atoms with van der Waals surface area (Å²) < 4.78 is 57.6. The molecule has 0 bridgehead atoms. The second-order valence-electron chi connectivity index (χ2n) is 5.21. The maximum Gasteiger partial charge on any atom is 0.423 e. The molecule has 0 saturated carbocycles. The van der Waals surface area contributed by atoms with Gasteiger partial charge in [0.25, 0.3) is 5.69 Å². The maximum atomic E-state index is 13.7. The van der Waals surface area contributed by atoms with E-state index in [9.17, 15) is 32.5 Å². The van der Waals surface area contributed by atoms with Gasteiger partial charge in [-0.15, -0.1) is 0 Å². The fourth-order valence-corrected chi connectivity index (χ4v) is 2.62. The van der Waals surface area contributed by atoms with E-state index in [-0.39, 0.29) is 25.3 Å². The zero-order valence-electron chi connectivity index (χ0n) is 12.5. The lowest BCUT2D eigenvalue weighted by Crippen LogP contribution is -2.37. The highest BCUT2D eigenvalue weighted by molar-refractivity contribution is 5.81. The lowest BCUT2D eigenvalue weighted by atomic mass is 10.1. The van der Waals surface area contributed by atoms with Gasteiger partial charge in [0.15, 0.2) is 0 Å². The molecule has 0 aromatic heterocycles. The number of carbonyl (C=O) groups is 1. The van der Waals surface area contributed by atoms with E-state index in [1.54, 1.807) is 6.92 Å². The lowest BCUT2D eigenvalue weighted by molar-refractivity contribution is -0.388. The first kappa shape index (κ1) is 18.0. The van der Waals surface area contributed by atoms with Crippen LogP contribution < -0.4 is 4.90 Å². The molecule has 2 atom stereocenters. The largest absolute Gasteiger partial charge is 0.464 e. The van der Waals surface area contributed by atoms with Crippen LogP contribution in [-0.4, -0.2) is 36.3 Å². The van der Waals surface area contributed by atoms with Gasteiger partial charge in [-0.25, -0.2) is 9.18 Å². The molecule has 1 aliphatic heterocycles. The summed E-state index contributed by atoms with van der Waals surface area (Å²) >= 11 is 0. The Bertz CT molecular complexity index is 650. The number of esters is 1. The van der Waals surface area contributed by atoms with Crippen LogP contribution >= 0.6 is 0 Å². The third-order valence-electron chi connectivity index (χ3n) is 3.62. The van der Waals surface area contributed by atoms with Crippen LogP contribution in [0.25, 0.3) is 0 Å². The monoisotopic (exact) mass is 350 g/mol. The summed E-state index contributed by atoms with van der Waals surface area (Å²) in [5.74, 6) is -0.746. The average molecular weight is 350 g/mol. The van der Waals surface area contributed by atoms with Crippen LogP contribution in [-0.2, 0) is 15.7 Å². The van der Waals surface area contributed by atoms with Crippen LogP contribution in [0.4, 0.5) is 28.9 Å². The van der Waals surface area contributed by atoms with Crippen LogP contribution in [0.2, 0.25) is 0 Å². The number of carbonyl (C=O) groups excluding carboxylic acids is 1. The van der Waals surface area contributed by atoms with Crippen molar-refractivity contribution in [2.24, 2.45) is 0 Å². The van der Waals surface area contributed by atoms with Gasteiger partial charge in [0.2, 0.25) is 0 Å². The number of hydrogen-bond donors (Lipinski definition) is 0. The number of halogens is 4. The van der Waals surface area contributed by atoms with Crippen molar-refractivity contribution >= 4 is 17.3 Å². The van der Waals surface area contributed by atoms with Crippen LogP contribution in [0.5, 0.6) is 0 Å². The number of rotatable bonds is 4. The number of nitrogens with zero attached hydrogens (tertiary/aromatic N) is 2. The molecule has 132 valence electrons. The van der Waals surface area contributed by atoms with Crippen LogP contribution in [0, 0.1) is 10.1 Å².